The quantitative estimate of drug-likeness (QED) is 0.463. The normalized spacial score (nSPS) is 18.0. The third-order valence-corrected chi connectivity index (χ3v) is 6.85. The molecule has 0 aliphatic carbocycles. The molecule has 3 N–H and O–H groups in total. The second-order valence-electron chi connectivity index (χ2n) is 10.00. The number of thioether (sulfide) groups is 1. The Bertz CT molecular complexity index is 936. The van der Waals surface area contributed by atoms with E-state index >= 15 is 0 Å². The minimum Gasteiger partial charge on any atom is -0.445 e. The Morgan fingerprint density at radius 3 is 2.34 bits per heavy atom. The first-order valence-corrected chi connectivity index (χ1v) is 13.2. The van der Waals surface area contributed by atoms with Crippen molar-refractivity contribution in [3.63, 3.8) is 0 Å². The van der Waals surface area contributed by atoms with Gasteiger partial charge in [-0.1, -0.05) is 60.7 Å². The van der Waals surface area contributed by atoms with E-state index in [1.54, 1.807) is 11.8 Å². The lowest BCUT2D eigenvalue weighted by molar-refractivity contribution is -0.123. The number of amides is 2. The van der Waals surface area contributed by atoms with Crippen LogP contribution in [0.2, 0.25) is 0 Å². The van der Waals surface area contributed by atoms with Gasteiger partial charge in [0.05, 0.1) is 12.1 Å². The van der Waals surface area contributed by atoms with Crippen LogP contribution < -0.4 is 10.6 Å². The van der Waals surface area contributed by atoms with E-state index in [9.17, 15) is 14.7 Å². The standard InChI is InChI=1S/C27H37N3O4S/c1-27(2,3)29-25(32)15-22-18-35-19-30(22)16-24(31)23(14-20-10-6-4-7-11-20)28-26(33)34-17-21-12-8-5-9-13-21/h4-13,22-24,31H,14-19H2,1-3H3,(H,28,33)(H,29,32)/t22-,23+,24-/m1/s1. The number of alkyl carbamates (subject to hydrolysis) is 1. The largest absolute Gasteiger partial charge is 0.445 e. The first-order chi connectivity index (χ1) is 16.7. The van der Waals surface area contributed by atoms with Crippen molar-refractivity contribution in [2.45, 2.75) is 63.9 Å². The third kappa shape index (κ3) is 9.55. The van der Waals surface area contributed by atoms with Crippen molar-refractivity contribution in [1.82, 2.24) is 15.5 Å². The Hall–Kier alpha value is -2.55. The fourth-order valence-corrected chi connectivity index (χ4v) is 5.28. The van der Waals surface area contributed by atoms with E-state index in [2.05, 4.69) is 15.5 Å². The van der Waals surface area contributed by atoms with Crippen molar-refractivity contribution in [1.29, 1.82) is 0 Å². The fourth-order valence-electron chi connectivity index (χ4n) is 4.02. The molecule has 2 aromatic carbocycles. The summed E-state index contributed by atoms with van der Waals surface area (Å²) >= 11 is 1.75. The van der Waals surface area contributed by atoms with E-state index in [1.807, 2.05) is 81.4 Å². The molecule has 0 radical (unpaired) electrons. The lowest BCUT2D eigenvalue weighted by atomic mass is 10.0. The van der Waals surface area contributed by atoms with Gasteiger partial charge in [-0.25, -0.2) is 4.79 Å². The molecule has 3 atom stereocenters. The van der Waals surface area contributed by atoms with Crippen LogP contribution in [-0.2, 0) is 22.6 Å². The van der Waals surface area contributed by atoms with E-state index in [0.717, 1.165) is 22.8 Å². The number of hydrogen-bond acceptors (Lipinski definition) is 6. The van der Waals surface area contributed by atoms with Gasteiger partial charge in [-0.15, -0.1) is 11.8 Å². The molecule has 35 heavy (non-hydrogen) atoms. The summed E-state index contributed by atoms with van der Waals surface area (Å²) < 4.78 is 5.40. The Labute approximate surface area is 212 Å². The summed E-state index contributed by atoms with van der Waals surface area (Å²) in [5.74, 6) is 1.58. The summed E-state index contributed by atoms with van der Waals surface area (Å²) in [5.41, 5.74) is 1.63. The van der Waals surface area contributed by atoms with Crippen molar-refractivity contribution in [3.8, 4) is 0 Å². The second kappa shape index (κ2) is 13.0. The van der Waals surface area contributed by atoms with Crippen molar-refractivity contribution < 1.29 is 19.4 Å². The number of carbonyl (C=O) groups excluding carboxylic acids is 2. The third-order valence-electron chi connectivity index (χ3n) is 5.72. The number of β-amino-alcohol motifs (C(OH)–C–C–N with tert-alkyl or cyclic N) is 1. The van der Waals surface area contributed by atoms with Gasteiger partial charge in [-0.3, -0.25) is 9.69 Å². The molecule has 1 aliphatic heterocycles. The summed E-state index contributed by atoms with van der Waals surface area (Å²) in [6.45, 7) is 6.41. The van der Waals surface area contributed by atoms with Crippen molar-refractivity contribution >= 4 is 23.8 Å². The fraction of sp³-hybridized carbons (Fsp3) is 0.481. The Morgan fingerprint density at radius 2 is 1.71 bits per heavy atom. The van der Waals surface area contributed by atoms with Gasteiger partial charge in [0.25, 0.3) is 0 Å². The molecule has 1 aliphatic rings. The highest BCUT2D eigenvalue weighted by Gasteiger charge is 2.32. The van der Waals surface area contributed by atoms with Crippen LogP contribution in [0.4, 0.5) is 4.79 Å². The van der Waals surface area contributed by atoms with Gasteiger partial charge in [-0.05, 0) is 38.3 Å². The molecule has 0 saturated carbocycles. The molecule has 0 aromatic heterocycles. The van der Waals surface area contributed by atoms with E-state index in [-0.39, 0.29) is 24.1 Å². The zero-order chi connectivity index (χ0) is 25.3. The predicted molar refractivity (Wildman–Crippen MR) is 140 cm³/mol. The number of benzene rings is 2. The number of aliphatic hydroxyl groups is 1. The highest BCUT2D eigenvalue weighted by molar-refractivity contribution is 7.99. The topological polar surface area (TPSA) is 90.9 Å². The molecular formula is C27H37N3O4S. The summed E-state index contributed by atoms with van der Waals surface area (Å²) in [5, 5.41) is 17.1. The van der Waals surface area contributed by atoms with Crippen LogP contribution in [0.1, 0.15) is 38.3 Å². The molecule has 8 heteroatoms. The number of nitrogens with one attached hydrogen (secondary N) is 2. The minimum atomic E-state index is -0.827. The molecule has 2 amide bonds. The van der Waals surface area contributed by atoms with E-state index in [1.165, 1.54) is 0 Å². The monoisotopic (exact) mass is 499 g/mol. The smallest absolute Gasteiger partial charge is 0.407 e. The molecule has 0 bridgehead atoms. The molecule has 0 spiro atoms. The van der Waals surface area contributed by atoms with Crippen LogP contribution in [-0.4, -0.2) is 63.9 Å². The van der Waals surface area contributed by atoms with Gasteiger partial charge in [-0.2, -0.15) is 0 Å². The Balaban J connectivity index is 1.61. The van der Waals surface area contributed by atoms with Gasteiger partial charge in [0.2, 0.25) is 5.91 Å². The van der Waals surface area contributed by atoms with E-state index in [4.69, 9.17) is 4.74 Å². The van der Waals surface area contributed by atoms with Crippen molar-refractivity contribution in [2.24, 2.45) is 0 Å². The van der Waals surface area contributed by atoms with Gasteiger partial charge < -0.3 is 20.5 Å². The lowest BCUT2D eigenvalue weighted by Crippen LogP contribution is -2.51. The summed E-state index contributed by atoms with van der Waals surface area (Å²) in [6, 6.07) is 18.8. The van der Waals surface area contributed by atoms with Crippen molar-refractivity contribution in [3.05, 3.63) is 71.8 Å². The molecule has 0 unspecified atom stereocenters. The van der Waals surface area contributed by atoms with Crippen LogP contribution >= 0.6 is 11.8 Å². The van der Waals surface area contributed by atoms with E-state index < -0.39 is 18.2 Å². The van der Waals surface area contributed by atoms with Crippen LogP contribution in [0.3, 0.4) is 0 Å². The SMILES string of the molecule is CC(C)(C)NC(=O)C[C@@H]1CSCN1C[C@@H](O)[C@H](Cc1ccccc1)NC(=O)OCc1ccccc1. The number of ether oxygens (including phenoxy) is 1. The van der Waals surface area contributed by atoms with Crippen LogP contribution in [0, 0.1) is 0 Å². The average Bonchev–Trinajstić information content (AvgIpc) is 3.23. The summed E-state index contributed by atoms with van der Waals surface area (Å²) in [7, 11) is 0. The molecule has 7 nitrogen and oxygen atoms in total. The Morgan fingerprint density at radius 1 is 1.09 bits per heavy atom. The van der Waals surface area contributed by atoms with Crippen LogP contribution in [0.25, 0.3) is 0 Å². The average molecular weight is 500 g/mol. The maximum absolute atomic E-state index is 12.6. The molecular weight excluding hydrogens is 462 g/mol. The maximum atomic E-state index is 12.6. The Kier molecular flexibility index (Phi) is 10.0. The first kappa shape index (κ1) is 27.0. The number of rotatable bonds is 10. The molecule has 190 valence electrons. The highest BCUT2D eigenvalue weighted by Crippen LogP contribution is 2.24. The van der Waals surface area contributed by atoms with Crippen molar-refractivity contribution in [2.75, 3.05) is 18.2 Å². The minimum absolute atomic E-state index is 0.00735. The molecule has 1 saturated heterocycles. The summed E-state index contributed by atoms with van der Waals surface area (Å²) in [6.07, 6.45) is -0.539. The van der Waals surface area contributed by atoms with Gasteiger partial charge >= 0.3 is 6.09 Å². The number of hydrogen-bond donors (Lipinski definition) is 3. The predicted octanol–water partition coefficient (Wildman–Crippen LogP) is 3.56. The van der Waals surface area contributed by atoms with Crippen LogP contribution in [0.5, 0.6) is 0 Å². The maximum Gasteiger partial charge on any atom is 0.407 e. The second-order valence-corrected chi connectivity index (χ2v) is 11.0. The number of aliphatic hydroxyl groups excluding tert-OH is 1. The van der Waals surface area contributed by atoms with Gasteiger partial charge in [0.15, 0.2) is 0 Å². The zero-order valence-electron chi connectivity index (χ0n) is 20.8. The first-order valence-electron chi connectivity index (χ1n) is 12.0. The number of carbonyl (C=O) groups is 2. The lowest BCUT2D eigenvalue weighted by Gasteiger charge is -2.31. The molecule has 1 heterocycles. The zero-order valence-corrected chi connectivity index (χ0v) is 21.6. The molecule has 1 fully saturated rings. The molecule has 2 aromatic rings. The highest BCUT2D eigenvalue weighted by atomic mass is 32.2. The van der Waals surface area contributed by atoms with E-state index in [0.29, 0.717) is 19.4 Å². The van der Waals surface area contributed by atoms with Crippen LogP contribution in [0.15, 0.2) is 60.7 Å². The van der Waals surface area contributed by atoms with Gasteiger partial charge in [0, 0.05) is 36.2 Å². The van der Waals surface area contributed by atoms with Gasteiger partial charge in [0.1, 0.15) is 6.61 Å². The number of nitrogens with zero attached hydrogens (tertiary/aromatic N) is 1. The summed E-state index contributed by atoms with van der Waals surface area (Å²) in [4.78, 5) is 27.2. The molecule has 3 rings (SSSR count).